The highest BCUT2D eigenvalue weighted by Crippen LogP contribution is 2.42. The molecule has 0 N–H and O–H groups in total. The second-order valence-electron chi connectivity index (χ2n) is 15.1. The van der Waals surface area contributed by atoms with E-state index in [4.69, 9.17) is 15.0 Å². The molecule has 9 heteroatoms. The molecular weight excluding hydrogens is 778 g/mol. The molecule has 3 heterocycles. The van der Waals surface area contributed by atoms with Gasteiger partial charge in [0.1, 0.15) is 0 Å². The number of fused-ring (bicyclic) bond motifs is 6. The van der Waals surface area contributed by atoms with Gasteiger partial charge in [-0.15, -0.1) is 0 Å². The van der Waals surface area contributed by atoms with Crippen LogP contribution in [0.1, 0.15) is 11.1 Å². The summed E-state index contributed by atoms with van der Waals surface area (Å²) in [7, 11) is 0. The van der Waals surface area contributed by atoms with Crippen molar-refractivity contribution in [2.24, 2.45) is 0 Å². The molecule has 0 radical (unpaired) electrons. The third-order valence-electron chi connectivity index (χ3n) is 11.5. The standard InChI is InChI=1S/C53H31F3N6/c54-53(55,56)37-27-29-49(62-46-20-10-6-16-40(46)41-17-7-11-21-47(41)62)43(31-37)52-59-50(35-12-2-1-3-13-35)58-51(60-52)42-30-36(34-24-22-33(32-57)23-25-34)26-28-48(42)61-44-18-8-4-14-38(44)39-15-5-9-19-45(39)61/h1-31H. The molecule has 0 aliphatic rings. The number of aromatic nitrogens is 5. The first-order valence-corrected chi connectivity index (χ1v) is 20.0. The maximum absolute atomic E-state index is 14.8. The summed E-state index contributed by atoms with van der Waals surface area (Å²) in [5.74, 6) is 0.647. The Morgan fingerprint density at radius 2 is 0.823 bits per heavy atom. The minimum Gasteiger partial charge on any atom is -0.309 e. The molecule has 294 valence electrons. The molecule has 0 saturated heterocycles. The van der Waals surface area contributed by atoms with Gasteiger partial charge in [0, 0.05) is 38.2 Å². The van der Waals surface area contributed by atoms with Crippen LogP contribution in [0.25, 0.3) is 100 Å². The predicted molar refractivity (Wildman–Crippen MR) is 240 cm³/mol. The van der Waals surface area contributed by atoms with Crippen LogP contribution in [-0.2, 0) is 6.18 Å². The lowest BCUT2D eigenvalue weighted by Crippen LogP contribution is -2.09. The van der Waals surface area contributed by atoms with Gasteiger partial charge in [-0.05, 0) is 77.9 Å². The zero-order chi connectivity index (χ0) is 42.0. The Kier molecular flexibility index (Phi) is 8.55. The minimum absolute atomic E-state index is 0.0776. The second-order valence-corrected chi connectivity index (χ2v) is 15.1. The largest absolute Gasteiger partial charge is 0.416 e. The van der Waals surface area contributed by atoms with Crippen LogP contribution in [-0.4, -0.2) is 24.1 Å². The Bertz CT molecular complexity index is 3470. The zero-order valence-electron chi connectivity index (χ0n) is 32.7. The lowest BCUT2D eigenvalue weighted by molar-refractivity contribution is -0.137. The van der Waals surface area contributed by atoms with E-state index >= 15 is 0 Å². The summed E-state index contributed by atoms with van der Waals surface area (Å²) in [4.78, 5) is 15.3. The predicted octanol–water partition coefficient (Wildman–Crippen LogP) is 13.6. The number of halogens is 3. The van der Waals surface area contributed by atoms with Crippen molar-refractivity contribution in [2.45, 2.75) is 6.18 Å². The normalized spacial score (nSPS) is 11.8. The highest BCUT2D eigenvalue weighted by Gasteiger charge is 2.32. The fourth-order valence-corrected chi connectivity index (χ4v) is 8.61. The summed E-state index contributed by atoms with van der Waals surface area (Å²) in [5.41, 5.74) is 7.73. The van der Waals surface area contributed by atoms with Gasteiger partial charge in [-0.1, -0.05) is 121 Å². The quantitative estimate of drug-likeness (QED) is 0.168. The van der Waals surface area contributed by atoms with Crippen molar-refractivity contribution in [1.29, 1.82) is 5.26 Å². The van der Waals surface area contributed by atoms with Gasteiger partial charge in [0.15, 0.2) is 17.5 Å². The van der Waals surface area contributed by atoms with Crippen LogP contribution in [0.15, 0.2) is 188 Å². The van der Waals surface area contributed by atoms with Gasteiger partial charge in [0.2, 0.25) is 0 Å². The van der Waals surface area contributed by atoms with E-state index in [1.54, 1.807) is 12.1 Å². The second kappa shape index (κ2) is 14.4. The molecule has 0 fully saturated rings. The number of para-hydroxylation sites is 4. The third kappa shape index (κ3) is 6.08. The number of nitriles is 1. The van der Waals surface area contributed by atoms with Crippen LogP contribution < -0.4 is 0 Å². The molecule has 11 aromatic rings. The lowest BCUT2D eigenvalue weighted by atomic mass is 9.99. The van der Waals surface area contributed by atoms with E-state index in [2.05, 4.69) is 34.9 Å². The van der Waals surface area contributed by atoms with Crippen LogP contribution in [0.5, 0.6) is 0 Å². The van der Waals surface area contributed by atoms with Crippen LogP contribution in [0.4, 0.5) is 13.2 Å². The first kappa shape index (κ1) is 36.7. The van der Waals surface area contributed by atoms with E-state index in [1.807, 2.05) is 138 Å². The molecule has 0 spiro atoms. The molecule has 0 saturated carbocycles. The van der Waals surface area contributed by atoms with Crippen LogP contribution in [0.2, 0.25) is 0 Å². The van der Waals surface area contributed by atoms with Crippen LogP contribution in [0, 0.1) is 11.3 Å². The topological polar surface area (TPSA) is 72.3 Å². The van der Waals surface area contributed by atoms with Gasteiger partial charge < -0.3 is 9.13 Å². The maximum atomic E-state index is 14.8. The average Bonchev–Trinajstić information content (AvgIpc) is 3.84. The molecule has 6 nitrogen and oxygen atoms in total. The number of nitrogens with zero attached hydrogens (tertiary/aromatic N) is 6. The number of hydrogen-bond acceptors (Lipinski definition) is 4. The number of alkyl halides is 3. The van der Waals surface area contributed by atoms with Crippen molar-refractivity contribution in [3.8, 4) is 62.7 Å². The highest BCUT2D eigenvalue weighted by atomic mass is 19.4. The zero-order valence-corrected chi connectivity index (χ0v) is 32.7. The molecule has 0 aliphatic carbocycles. The van der Waals surface area contributed by atoms with Crippen molar-refractivity contribution < 1.29 is 13.2 Å². The monoisotopic (exact) mass is 808 g/mol. The van der Waals surface area contributed by atoms with Gasteiger partial charge in [-0.2, -0.15) is 18.4 Å². The van der Waals surface area contributed by atoms with Crippen molar-refractivity contribution >= 4 is 43.6 Å². The molecule has 0 atom stereocenters. The summed E-state index contributed by atoms with van der Waals surface area (Å²) in [6, 6.07) is 60.9. The van der Waals surface area contributed by atoms with Gasteiger partial charge >= 0.3 is 6.18 Å². The number of rotatable bonds is 6. The Hall–Kier alpha value is -8.35. The van der Waals surface area contributed by atoms with Gasteiger partial charge in [-0.3, -0.25) is 0 Å². The molecule has 0 amide bonds. The molecule has 0 unspecified atom stereocenters. The molecular formula is C53H31F3N6. The Labute approximate surface area is 353 Å². The summed E-state index contributed by atoms with van der Waals surface area (Å²) < 4.78 is 48.5. The SMILES string of the molecule is N#Cc1ccc(-c2ccc(-n3c4ccccc4c4ccccc43)c(-c3nc(-c4ccccc4)nc(-c4cc(C(F)(F)F)ccc4-n4c5ccccc5c5ccccc54)n3)c2)cc1. The van der Waals surface area contributed by atoms with Crippen molar-refractivity contribution in [1.82, 2.24) is 24.1 Å². The van der Waals surface area contributed by atoms with E-state index in [9.17, 15) is 18.4 Å². The minimum atomic E-state index is -4.65. The Morgan fingerprint density at radius 3 is 1.31 bits per heavy atom. The van der Waals surface area contributed by atoms with Crippen LogP contribution >= 0.6 is 0 Å². The smallest absolute Gasteiger partial charge is 0.309 e. The first-order chi connectivity index (χ1) is 30.3. The highest BCUT2D eigenvalue weighted by molar-refractivity contribution is 6.11. The third-order valence-corrected chi connectivity index (χ3v) is 11.5. The van der Waals surface area contributed by atoms with E-state index in [0.29, 0.717) is 28.2 Å². The first-order valence-electron chi connectivity index (χ1n) is 20.0. The summed E-state index contributed by atoms with van der Waals surface area (Å²) >= 11 is 0. The Morgan fingerprint density at radius 1 is 0.403 bits per heavy atom. The maximum Gasteiger partial charge on any atom is 0.416 e. The van der Waals surface area contributed by atoms with Gasteiger partial charge in [0.25, 0.3) is 0 Å². The van der Waals surface area contributed by atoms with Crippen molar-refractivity contribution in [3.63, 3.8) is 0 Å². The number of hydrogen-bond donors (Lipinski definition) is 0. The van der Waals surface area contributed by atoms with Crippen LogP contribution in [0.3, 0.4) is 0 Å². The fourth-order valence-electron chi connectivity index (χ4n) is 8.61. The van der Waals surface area contributed by atoms with E-state index in [0.717, 1.165) is 72.6 Å². The average molecular weight is 809 g/mol. The summed E-state index contributed by atoms with van der Waals surface area (Å²) in [6.45, 7) is 0. The van der Waals surface area contributed by atoms with Crippen molar-refractivity contribution in [3.05, 3.63) is 199 Å². The molecule has 0 bridgehead atoms. The molecule has 62 heavy (non-hydrogen) atoms. The van der Waals surface area contributed by atoms with Gasteiger partial charge in [0.05, 0.1) is 50.6 Å². The molecule has 3 aromatic heterocycles. The number of benzene rings is 8. The molecule has 11 rings (SSSR count). The molecule has 0 aliphatic heterocycles. The molecule has 8 aromatic carbocycles. The summed E-state index contributed by atoms with van der Waals surface area (Å²) in [6.07, 6.45) is -4.65. The Balaban J connectivity index is 1.24. The van der Waals surface area contributed by atoms with Crippen molar-refractivity contribution in [2.75, 3.05) is 0 Å². The van der Waals surface area contributed by atoms with Gasteiger partial charge in [-0.25, -0.2) is 15.0 Å². The van der Waals surface area contributed by atoms with E-state index < -0.39 is 11.7 Å². The fraction of sp³-hybridized carbons (Fsp3) is 0.0189. The lowest BCUT2D eigenvalue weighted by Gasteiger charge is -2.18. The van der Waals surface area contributed by atoms with E-state index in [-0.39, 0.29) is 17.2 Å². The summed E-state index contributed by atoms with van der Waals surface area (Å²) in [5, 5.41) is 13.6. The van der Waals surface area contributed by atoms with E-state index in [1.165, 1.54) is 6.07 Å².